The highest BCUT2D eigenvalue weighted by molar-refractivity contribution is 9.10. The van der Waals surface area contributed by atoms with Gasteiger partial charge in [-0.05, 0) is 43.7 Å². The van der Waals surface area contributed by atoms with E-state index in [1.54, 1.807) is 4.68 Å². The summed E-state index contributed by atoms with van der Waals surface area (Å²) < 4.78 is 2.77. The first-order valence-corrected chi connectivity index (χ1v) is 6.80. The molecule has 4 nitrogen and oxygen atoms in total. The molecule has 5 heteroatoms. The summed E-state index contributed by atoms with van der Waals surface area (Å²) in [6.45, 7) is 3.91. The van der Waals surface area contributed by atoms with Gasteiger partial charge in [-0.25, -0.2) is 0 Å². The number of aromatic nitrogens is 2. The van der Waals surface area contributed by atoms with Crippen LogP contribution in [-0.4, -0.2) is 15.7 Å². The average molecular weight is 322 g/mol. The van der Waals surface area contributed by atoms with Gasteiger partial charge in [0.05, 0.1) is 12.1 Å². The van der Waals surface area contributed by atoms with Gasteiger partial charge in [-0.15, -0.1) is 0 Å². The number of hydrogen-bond acceptors (Lipinski definition) is 2. The number of rotatable bonds is 3. The summed E-state index contributed by atoms with van der Waals surface area (Å²) in [6, 6.07) is 7.67. The van der Waals surface area contributed by atoms with Crippen LogP contribution >= 0.6 is 15.9 Å². The zero-order valence-electron chi connectivity index (χ0n) is 11.2. The van der Waals surface area contributed by atoms with Crippen molar-refractivity contribution in [3.63, 3.8) is 0 Å². The van der Waals surface area contributed by atoms with Gasteiger partial charge in [0.25, 0.3) is 0 Å². The highest BCUT2D eigenvalue weighted by Gasteiger charge is 2.09. The summed E-state index contributed by atoms with van der Waals surface area (Å²) in [5.41, 5.74) is 3.73. The fraction of sp³-hybridized carbons (Fsp3) is 0.286. The summed E-state index contributed by atoms with van der Waals surface area (Å²) in [5, 5.41) is 7.12. The number of carbonyl (C=O) groups is 1. The molecule has 1 aromatic heterocycles. The van der Waals surface area contributed by atoms with E-state index >= 15 is 0 Å². The second-order valence-corrected chi connectivity index (χ2v) is 5.44. The van der Waals surface area contributed by atoms with E-state index in [2.05, 4.69) is 26.3 Å². The number of aryl methyl sites for hydroxylation is 3. The Morgan fingerprint density at radius 3 is 2.68 bits per heavy atom. The number of benzene rings is 1. The molecule has 0 unspecified atom stereocenters. The lowest BCUT2D eigenvalue weighted by molar-refractivity contribution is -0.115. The monoisotopic (exact) mass is 321 g/mol. The Morgan fingerprint density at radius 1 is 1.37 bits per heavy atom. The first kappa shape index (κ1) is 13.8. The molecule has 0 aliphatic carbocycles. The molecule has 0 saturated heterocycles. The van der Waals surface area contributed by atoms with Crippen LogP contribution in [0, 0.1) is 13.8 Å². The number of carbonyl (C=O) groups excluding carboxylic acids is 1. The fourth-order valence-electron chi connectivity index (χ4n) is 1.92. The Kier molecular flexibility index (Phi) is 4.04. The van der Waals surface area contributed by atoms with E-state index in [-0.39, 0.29) is 5.91 Å². The van der Waals surface area contributed by atoms with Crippen LogP contribution in [0.2, 0.25) is 0 Å². The maximum absolute atomic E-state index is 12.0. The summed E-state index contributed by atoms with van der Waals surface area (Å²) in [5.74, 6) is -0.0373. The number of halogens is 1. The van der Waals surface area contributed by atoms with E-state index in [1.165, 1.54) is 0 Å². The van der Waals surface area contributed by atoms with E-state index in [0.29, 0.717) is 6.42 Å². The molecule has 1 aromatic carbocycles. The molecule has 2 aromatic rings. The van der Waals surface area contributed by atoms with Crippen molar-refractivity contribution in [1.82, 2.24) is 9.78 Å². The van der Waals surface area contributed by atoms with Gasteiger partial charge in [-0.2, -0.15) is 5.10 Å². The number of amides is 1. The molecule has 0 aliphatic heterocycles. The Bertz CT molecular complexity index is 619. The maximum Gasteiger partial charge on any atom is 0.230 e. The number of nitrogens with zero attached hydrogens (tertiary/aromatic N) is 2. The van der Waals surface area contributed by atoms with E-state index in [4.69, 9.17) is 0 Å². The quantitative estimate of drug-likeness (QED) is 0.944. The van der Waals surface area contributed by atoms with Gasteiger partial charge < -0.3 is 5.32 Å². The number of hydrogen-bond donors (Lipinski definition) is 1. The highest BCUT2D eigenvalue weighted by atomic mass is 79.9. The van der Waals surface area contributed by atoms with Crippen LogP contribution < -0.4 is 5.32 Å². The Labute approximate surface area is 120 Å². The summed E-state index contributed by atoms with van der Waals surface area (Å²) in [7, 11) is 1.85. The summed E-state index contributed by atoms with van der Waals surface area (Å²) >= 11 is 3.44. The van der Waals surface area contributed by atoms with Gasteiger partial charge in [-0.1, -0.05) is 15.9 Å². The lowest BCUT2D eigenvalue weighted by atomic mass is 10.2. The molecule has 19 heavy (non-hydrogen) atoms. The minimum atomic E-state index is -0.0373. The van der Waals surface area contributed by atoms with E-state index < -0.39 is 0 Å². The lowest BCUT2D eigenvalue weighted by Crippen LogP contribution is -2.16. The molecule has 0 atom stereocenters. The van der Waals surface area contributed by atoms with Crippen LogP contribution in [-0.2, 0) is 18.3 Å². The first-order chi connectivity index (χ1) is 8.95. The molecule has 0 aliphatic rings. The molecule has 100 valence electrons. The van der Waals surface area contributed by atoms with Crippen LogP contribution in [0.15, 0.2) is 28.7 Å². The number of nitrogens with one attached hydrogen (secondary N) is 1. The van der Waals surface area contributed by atoms with Crippen molar-refractivity contribution in [3.05, 3.63) is 45.7 Å². The van der Waals surface area contributed by atoms with Crippen molar-refractivity contribution in [3.8, 4) is 0 Å². The van der Waals surface area contributed by atoms with Gasteiger partial charge in [0, 0.05) is 22.9 Å². The molecule has 0 spiro atoms. The predicted molar refractivity (Wildman–Crippen MR) is 79.2 cm³/mol. The SMILES string of the molecule is Cc1cc(CC(=O)Nc2ccc(Br)c(C)c2)n(C)n1. The Hall–Kier alpha value is -1.62. The average Bonchev–Trinajstić information content (AvgIpc) is 2.62. The topological polar surface area (TPSA) is 46.9 Å². The second-order valence-electron chi connectivity index (χ2n) is 4.59. The Morgan fingerprint density at radius 2 is 2.11 bits per heavy atom. The second kappa shape index (κ2) is 5.57. The van der Waals surface area contributed by atoms with E-state index in [0.717, 1.165) is 27.1 Å². The van der Waals surface area contributed by atoms with Crippen LogP contribution in [0.1, 0.15) is 17.0 Å². The fourth-order valence-corrected chi connectivity index (χ4v) is 2.17. The van der Waals surface area contributed by atoms with Gasteiger partial charge in [0.15, 0.2) is 0 Å². The third-order valence-electron chi connectivity index (χ3n) is 2.88. The van der Waals surface area contributed by atoms with Crippen molar-refractivity contribution in [1.29, 1.82) is 0 Å². The molecule has 1 amide bonds. The molecule has 2 rings (SSSR count). The largest absolute Gasteiger partial charge is 0.326 e. The highest BCUT2D eigenvalue weighted by Crippen LogP contribution is 2.20. The third kappa shape index (κ3) is 3.44. The van der Waals surface area contributed by atoms with E-state index in [1.807, 2.05) is 45.2 Å². The van der Waals surface area contributed by atoms with Crippen LogP contribution in [0.25, 0.3) is 0 Å². The van der Waals surface area contributed by atoms with Crippen molar-refractivity contribution in [2.45, 2.75) is 20.3 Å². The minimum absolute atomic E-state index is 0.0373. The number of anilines is 1. The van der Waals surface area contributed by atoms with Crippen molar-refractivity contribution >= 4 is 27.5 Å². The van der Waals surface area contributed by atoms with Gasteiger partial charge in [-0.3, -0.25) is 9.48 Å². The molecule has 0 saturated carbocycles. The zero-order valence-corrected chi connectivity index (χ0v) is 12.8. The third-order valence-corrected chi connectivity index (χ3v) is 3.77. The predicted octanol–water partition coefficient (Wildman–Crippen LogP) is 2.98. The standard InChI is InChI=1S/C14H16BrN3O/c1-9-6-11(4-5-13(9)15)16-14(19)8-12-7-10(2)17-18(12)3/h4-7H,8H2,1-3H3,(H,16,19). The maximum atomic E-state index is 12.0. The minimum Gasteiger partial charge on any atom is -0.326 e. The van der Waals surface area contributed by atoms with Crippen molar-refractivity contribution < 1.29 is 4.79 Å². The lowest BCUT2D eigenvalue weighted by Gasteiger charge is -2.07. The molecule has 0 bridgehead atoms. The van der Waals surface area contributed by atoms with Crippen LogP contribution in [0.4, 0.5) is 5.69 Å². The normalized spacial score (nSPS) is 10.5. The molecule has 0 radical (unpaired) electrons. The van der Waals surface area contributed by atoms with Crippen LogP contribution in [0.3, 0.4) is 0 Å². The molecule has 0 fully saturated rings. The summed E-state index contributed by atoms with van der Waals surface area (Å²) in [6.07, 6.45) is 0.326. The summed E-state index contributed by atoms with van der Waals surface area (Å²) in [4.78, 5) is 12.0. The van der Waals surface area contributed by atoms with E-state index in [9.17, 15) is 4.79 Å². The van der Waals surface area contributed by atoms with Crippen molar-refractivity contribution in [2.24, 2.45) is 7.05 Å². The molecular formula is C14H16BrN3O. The van der Waals surface area contributed by atoms with Crippen LogP contribution in [0.5, 0.6) is 0 Å². The zero-order chi connectivity index (χ0) is 14.0. The van der Waals surface area contributed by atoms with Crippen molar-refractivity contribution in [2.75, 3.05) is 5.32 Å². The van der Waals surface area contributed by atoms with Gasteiger partial charge in [0.1, 0.15) is 0 Å². The molecule has 1 heterocycles. The van der Waals surface area contributed by atoms with Gasteiger partial charge in [0.2, 0.25) is 5.91 Å². The van der Waals surface area contributed by atoms with Gasteiger partial charge >= 0.3 is 0 Å². The molecule has 1 N–H and O–H groups in total. The first-order valence-electron chi connectivity index (χ1n) is 6.01. The Balaban J connectivity index is 2.05. The molecular weight excluding hydrogens is 306 g/mol. The smallest absolute Gasteiger partial charge is 0.230 e.